The van der Waals surface area contributed by atoms with E-state index in [1.807, 2.05) is 29.0 Å². The first-order chi connectivity index (χ1) is 19.5. The van der Waals surface area contributed by atoms with Gasteiger partial charge in [0.15, 0.2) is 0 Å². The summed E-state index contributed by atoms with van der Waals surface area (Å²) in [6.07, 6.45) is 5.18. The molecule has 1 aromatic heterocycles. The summed E-state index contributed by atoms with van der Waals surface area (Å²) in [5.41, 5.74) is 4.92. The minimum Gasteiger partial charge on any atom is -0.317 e. The fraction of sp³-hybridized carbons (Fsp3) is 0.375. The first-order valence-corrected chi connectivity index (χ1v) is 14.3. The molecule has 2 aliphatic heterocycles. The average Bonchev–Trinajstić information content (AvgIpc) is 2.99. The minimum absolute atomic E-state index is 0.134. The lowest BCUT2D eigenvalue weighted by Crippen LogP contribution is -2.50. The van der Waals surface area contributed by atoms with Crippen LogP contribution in [0, 0.1) is 11.2 Å². The van der Waals surface area contributed by atoms with Crippen molar-refractivity contribution in [1.29, 1.82) is 5.41 Å². The Labute approximate surface area is 236 Å². The summed E-state index contributed by atoms with van der Waals surface area (Å²) in [5, 5.41) is 15.8. The highest BCUT2D eigenvalue weighted by Gasteiger charge is 2.38. The van der Waals surface area contributed by atoms with Crippen molar-refractivity contribution in [3.05, 3.63) is 90.1 Å². The molecule has 3 N–H and O–H groups in total. The zero-order chi connectivity index (χ0) is 27.6. The van der Waals surface area contributed by atoms with Gasteiger partial charge in [-0.05, 0) is 67.6 Å². The second kappa shape index (κ2) is 11.5. The molecule has 3 aromatic rings. The highest BCUT2D eigenvalue weighted by atomic mass is 19.1. The second-order valence-electron chi connectivity index (χ2n) is 11.1. The molecule has 1 saturated heterocycles. The molecule has 2 fully saturated rings. The summed E-state index contributed by atoms with van der Waals surface area (Å²) in [4.78, 5) is 10.9. The number of aromatic nitrogens is 1. The molecule has 0 atom stereocenters. The van der Waals surface area contributed by atoms with Gasteiger partial charge in [-0.3, -0.25) is 15.2 Å². The third kappa shape index (κ3) is 5.27. The Hall–Kier alpha value is -3.59. The molecule has 0 spiro atoms. The van der Waals surface area contributed by atoms with Crippen molar-refractivity contribution < 1.29 is 4.39 Å². The van der Waals surface area contributed by atoms with E-state index in [1.165, 1.54) is 17.8 Å². The van der Waals surface area contributed by atoms with Crippen LogP contribution in [0.25, 0.3) is 11.1 Å². The van der Waals surface area contributed by atoms with Crippen LogP contribution in [0.1, 0.15) is 36.8 Å². The maximum absolute atomic E-state index is 14.4. The topological polar surface area (TPSA) is 70.5 Å². The molecule has 3 heterocycles. The first kappa shape index (κ1) is 26.6. The van der Waals surface area contributed by atoms with Crippen molar-refractivity contribution in [2.24, 2.45) is 0 Å². The third-order valence-corrected chi connectivity index (χ3v) is 8.55. The normalized spacial score (nSPS) is 21.9. The van der Waals surface area contributed by atoms with Crippen molar-refractivity contribution in [2.45, 2.75) is 44.3 Å². The summed E-state index contributed by atoms with van der Waals surface area (Å²) in [7, 11) is 2.01. The van der Waals surface area contributed by atoms with E-state index in [1.54, 1.807) is 0 Å². The summed E-state index contributed by atoms with van der Waals surface area (Å²) >= 11 is 0. The van der Waals surface area contributed by atoms with E-state index in [4.69, 9.17) is 5.41 Å². The van der Waals surface area contributed by atoms with E-state index in [0.29, 0.717) is 23.2 Å². The number of hydrogen-bond acceptors (Lipinski definition) is 6. The van der Waals surface area contributed by atoms with Crippen LogP contribution in [0.3, 0.4) is 0 Å². The molecule has 208 valence electrons. The number of hydrogen-bond donors (Lipinski definition) is 3. The molecule has 40 heavy (non-hydrogen) atoms. The summed E-state index contributed by atoms with van der Waals surface area (Å²) in [5.74, 6) is 1.06. The molecule has 0 amide bonds. The highest BCUT2D eigenvalue weighted by molar-refractivity contribution is 6.05. The number of nitrogens with zero attached hydrogens (tertiary/aromatic N) is 4. The van der Waals surface area contributed by atoms with E-state index >= 15 is 0 Å². The molecule has 0 unspecified atom stereocenters. The van der Waals surface area contributed by atoms with E-state index in [2.05, 4.69) is 63.5 Å². The monoisotopic (exact) mass is 539 g/mol. The first-order valence-electron chi connectivity index (χ1n) is 14.3. The quantitative estimate of drug-likeness (QED) is 0.406. The van der Waals surface area contributed by atoms with Crippen molar-refractivity contribution >= 4 is 17.3 Å². The predicted molar refractivity (Wildman–Crippen MR) is 159 cm³/mol. The van der Waals surface area contributed by atoms with Crippen molar-refractivity contribution in [3.63, 3.8) is 0 Å². The predicted octanol–water partition coefficient (Wildman–Crippen LogP) is 5.07. The van der Waals surface area contributed by atoms with Gasteiger partial charge in [0, 0.05) is 50.5 Å². The number of nitrogens with one attached hydrogen (secondary N) is 3. The smallest absolute Gasteiger partial charge is 0.149 e. The number of anilines is 2. The molecular weight excluding hydrogens is 501 g/mol. The highest BCUT2D eigenvalue weighted by Crippen LogP contribution is 2.41. The van der Waals surface area contributed by atoms with E-state index in [-0.39, 0.29) is 11.9 Å². The van der Waals surface area contributed by atoms with Gasteiger partial charge in [-0.2, -0.15) is 0 Å². The third-order valence-electron chi connectivity index (χ3n) is 8.55. The molecule has 1 saturated carbocycles. The SMILES string of the molecule is C=C1N(c2cccc(-c3ccc(CN4CCNCC4)cc3)c2)c2ncc(F)cc2C(=N)N1C1CCC(NC)CC1. The summed E-state index contributed by atoms with van der Waals surface area (Å²) in [6.45, 7) is 9.68. The van der Waals surface area contributed by atoms with Crippen molar-refractivity contribution in [2.75, 3.05) is 38.1 Å². The summed E-state index contributed by atoms with van der Waals surface area (Å²) in [6, 6.07) is 19.2. The fourth-order valence-electron chi connectivity index (χ4n) is 6.32. The van der Waals surface area contributed by atoms with Gasteiger partial charge in [0.25, 0.3) is 0 Å². The van der Waals surface area contributed by atoms with Gasteiger partial charge in [0.2, 0.25) is 0 Å². The second-order valence-corrected chi connectivity index (χ2v) is 11.1. The lowest BCUT2D eigenvalue weighted by Gasteiger charge is -2.46. The molecule has 8 heteroatoms. The van der Waals surface area contributed by atoms with Crippen LogP contribution in [0.4, 0.5) is 15.9 Å². The Kier molecular flexibility index (Phi) is 7.65. The largest absolute Gasteiger partial charge is 0.317 e. The van der Waals surface area contributed by atoms with Crippen LogP contribution >= 0.6 is 0 Å². The molecular formula is C32H38FN7. The molecule has 2 aromatic carbocycles. The fourth-order valence-corrected chi connectivity index (χ4v) is 6.32. The molecule has 7 nitrogen and oxygen atoms in total. The number of pyridine rings is 1. The Balaban J connectivity index is 1.30. The number of rotatable bonds is 6. The van der Waals surface area contributed by atoms with Gasteiger partial charge in [-0.15, -0.1) is 0 Å². The van der Waals surface area contributed by atoms with Crippen molar-refractivity contribution in [3.8, 4) is 11.1 Å². The number of halogens is 1. The van der Waals surface area contributed by atoms with Gasteiger partial charge in [-0.25, -0.2) is 9.37 Å². The molecule has 1 aliphatic carbocycles. The number of fused-ring (bicyclic) bond motifs is 1. The van der Waals surface area contributed by atoms with E-state index in [0.717, 1.165) is 75.2 Å². The number of benzene rings is 2. The Bertz CT molecular complexity index is 1370. The number of piperazine rings is 1. The van der Waals surface area contributed by atoms with Crippen LogP contribution in [0.15, 0.2) is 73.2 Å². The maximum atomic E-state index is 14.4. The minimum atomic E-state index is -0.440. The molecule has 3 aliphatic rings. The molecule has 6 rings (SSSR count). The maximum Gasteiger partial charge on any atom is 0.149 e. The van der Waals surface area contributed by atoms with Crippen LogP contribution in [0.5, 0.6) is 0 Å². The van der Waals surface area contributed by atoms with Crippen LogP contribution in [-0.2, 0) is 6.54 Å². The van der Waals surface area contributed by atoms with Gasteiger partial charge < -0.3 is 15.5 Å². The number of amidine groups is 1. The molecule has 0 radical (unpaired) electrons. The lowest BCUT2D eigenvalue weighted by atomic mass is 9.89. The Morgan fingerprint density at radius 1 is 1.02 bits per heavy atom. The van der Waals surface area contributed by atoms with Crippen LogP contribution in [0.2, 0.25) is 0 Å². The average molecular weight is 540 g/mol. The van der Waals surface area contributed by atoms with E-state index in [9.17, 15) is 4.39 Å². The lowest BCUT2D eigenvalue weighted by molar-refractivity contribution is 0.233. The van der Waals surface area contributed by atoms with Crippen molar-refractivity contribution in [1.82, 2.24) is 25.4 Å². The summed E-state index contributed by atoms with van der Waals surface area (Å²) < 4.78 is 14.4. The van der Waals surface area contributed by atoms with Gasteiger partial charge in [-0.1, -0.05) is 43.0 Å². The van der Waals surface area contributed by atoms with Gasteiger partial charge >= 0.3 is 0 Å². The Morgan fingerprint density at radius 2 is 1.77 bits per heavy atom. The van der Waals surface area contributed by atoms with E-state index < -0.39 is 5.82 Å². The standard InChI is InChI=1S/C32H38FN7/c1-22-39(28-12-10-27(35-2)11-13-28)31(34)30-19-26(33)20-37-32(30)40(22)29-5-3-4-25(18-29)24-8-6-23(7-9-24)21-38-16-14-36-15-17-38/h3-9,18-20,27-28,34-36H,1,10-17,21H2,2H3. The van der Waals surface area contributed by atoms with Gasteiger partial charge in [0.1, 0.15) is 23.3 Å². The zero-order valence-electron chi connectivity index (χ0n) is 23.2. The van der Waals surface area contributed by atoms with Crippen LogP contribution < -0.4 is 15.5 Å². The van der Waals surface area contributed by atoms with Crippen LogP contribution in [-0.4, -0.2) is 65.9 Å². The zero-order valence-corrected chi connectivity index (χ0v) is 23.2. The van der Waals surface area contributed by atoms with Gasteiger partial charge in [0.05, 0.1) is 11.8 Å². The molecule has 0 bridgehead atoms. The Morgan fingerprint density at radius 3 is 2.50 bits per heavy atom.